The fourth-order valence-electron chi connectivity index (χ4n) is 1.17. The predicted molar refractivity (Wildman–Crippen MR) is 60.3 cm³/mol. The van der Waals surface area contributed by atoms with Gasteiger partial charge in [-0.15, -0.1) is 0 Å². The van der Waals surface area contributed by atoms with Crippen molar-refractivity contribution in [2.24, 2.45) is 0 Å². The molecule has 1 rings (SSSR count). The van der Waals surface area contributed by atoms with Gasteiger partial charge in [0.25, 0.3) is 0 Å². The lowest BCUT2D eigenvalue weighted by molar-refractivity contribution is 0.0216. The van der Waals surface area contributed by atoms with Crippen LogP contribution in [0.4, 0.5) is 0 Å². The molecule has 2 N–H and O–H groups in total. The van der Waals surface area contributed by atoms with E-state index in [-0.39, 0.29) is 6.42 Å². The van der Waals surface area contributed by atoms with Crippen LogP contribution in [0.1, 0.15) is 18.1 Å². The Morgan fingerprint density at radius 1 is 1.40 bits per heavy atom. The molecule has 1 aromatic rings. The van der Waals surface area contributed by atoms with Crippen LogP contribution >= 0.6 is 27.5 Å². The maximum Gasteiger partial charge on any atom is 0.106 e. The molecule has 0 amide bonds. The summed E-state index contributed by atoms with van der Waals surface area (Å²) in [5.74, 6) is 0. The highest BCUT2D eigenvalue weighted by atomic mass is 79.9. The Bertz CT molecular complexity index is 371. The molecule has 0 aromatic heterocycles. The minimum absolute atomic E-state index is 0.120. The van der Waals surface area contributed by atoms with Gasteiger partial charge >= 0.3 is 0 Å². The summed E-state index contributed by atoms with van der Waals surface area (Å²) in [6.07, 6.45) is -2.31. The van der Waals surface area contributed by atoms with Crippen LogP contribution in [0.15, 0.2) is 22.7 Å². The zero-order valence-electron chi connectivity index (χ0n) is 7.69. The molecule has 15 heavy (non-hydrogen) atoms. The van der Waals surface area contributed by atoms with Gasteiger partial charge in [-0.3, -0.25) is 0 Å². The lowest BCUT2D eigenvalue weighted by Crippen LogP contribution is -2.17. The second-order valence-electron chi connectivity index (χ2n) is 3.08. The quantitative estimate of drug-likeness (QED) is 0.898. The van der Waals surface area contributed by atoms with Gasteiger partial charge in [-0.1, -0.05) is 27.5 Å². The van der Waals surface area contributed by atoms with Crippen molar-refractivity contribution in [3.8, 4) is 6.07 Å². The number of halogens is 2. The normalized spacial score (nSPS) is 14.3. The van der Waals surface area contributed by atoms with Gasteiger partial charge < -0.3 is 10.2 Å². The van der Waals surface area contributed by atoms with Gasteiger partial charge in [-0.2, -0.15) is 5.26 Å². The molecule has 0 saturated heterocycles. The zero-order valence-corrected chi connectivity index (χ0v) is 10.0. The van der Waals surface area contributed by atoms with E-state index in [4.69, 9.17) is 16.9 Å². The maximum atomic E-state index is 9.69. The van der Waals surface area contributed by atoms with Crippen molar-refractivity contribution >= 4 is 27.5 Å². The van der Waals surface area contributed by atoms with E-state index in [0.29, 0.717) is 15.1 Å². The van der Waals surface area contributed by atoms with Gasteiger partial charge in [0, 0.05) is 9.50 Å². The number of hydrogen-bond acceptors (Lipinski definition) is 3. The average Bonchev–Trinajstić information content (AvgIpc) is 2.15. The van der Waals surface area contributed by atoms with E-state index in [9.17, 15) is 10.2 Å². The molecule has 2 atom stereocenters. The van der Waals surface area contributed by atoms with Crippen LogP contribution in [0.5, 0.6) is 0 Å². The number of rotatable bonds is 3. The van der Waals surface area contributed by atoms with Gasteiger partial charge in [-0.05, 0) is 23.8 Å². The molecule has 0 radical (unpaired) electrons. The monoisotopic (exact) mass is 289 g/mol. The Hall–Kier alpha value is -0.600. The molecule has 0 aliphatic rings. The summed E-state index contributed by atoms with van der Waals surface area (Å²) in [7, 11) is 0. The van der Waals surface area contributed by atoms with Gasteiger partial charge in [0.1, 0.15) is 6.10 Å². The van der Waals surface area contributed by atoms with E-state index in [0.717, 1.165) is 0 Å². The first-order valence-electron chi connectivity index (χ1n) is 4.23. The topological polar surface area (TPSA) is 64.2 Å². The van der Waals surface area contributed by atoms with Crippen LogP contribution in [0.2, 0.25) is 5.02 Å². The third-order valence-electron chi connectivity index (χ3n) is 1.89. The smallest absolute Gasteiger partial charge is 0.106 e. The first kappa shape index (κ1) is 12.5. The van der Waals surface area contributed by atoms with Crippen molar-refractivity contribution in [3.63, 3.8) is 0 Å². The zero-order chi connectivity index (χ0) is 11.4. The predicted octanol–water partition coefficient (Wildman–Crippen LogP) is 2.41. The van der Waals surface area contributed by atoms with Crippen molar-refractivity contribution in [1.29, 1.82) is 5.26 Å². The summed E-state index contributed by atoms with van der Waals surface area (Å²) in [5.41, 5.74) is 0.483. The molecular weight excluding hydrogens is 281 g/mol. The van der Waals surface area contributed by atoms with Crippen molar-refractivity contribution in [1.82, 2.24) is 0 Å². The van der Waals surface area contributed by atoms with E-state index >= 15 is 0 Å². The van der Waals surface area contributed by atoms with E-state index in [1.807, 2.05) is 0 Å². The largest absolute Gasteiger partial charge is 0.389 e. The number of benzene rings is 1. The number of aliphatic hydroxyl groups excluding tert-OH is 2. The fourth-order valence-corrected chi connectivity index (χ4v) is 2.06. The number of nitrogens with zero attached hydrogens (tertiary/aromatic N) is 1. The van der Waals surface area contributed by atoms with Crippen molar-refractivity contribution in [2.75, 3.05) is 0 Å². The Kier molecular flexibility index (Phi) is 4.55. The highest BCUT2D eigenvalue weighted by Gasteiger charge is 2.18. The molecule has 0 saturated carbocycles. The molecule has 0 aliphatic heterocycles. The van der Waals surface area contributed by atoms with Crippen LogP contribution in [0, 0.1) is 11.3 Å². The molecule has 0 heterocycles. The second kappa shape index (κ2) is 5.47. The van der Waals surface area contributed by atoms with E-state index < -0.39 is 12.2 Å². The van der Waals surface area contributed by atoms with Crippen molar-refractivity contribution in [3.05, 3.63) is 33.3 Å². The summed E-state index contributed by atoms with van der Waals surface area (Å²) < 4.78 is 0.716. The number of nitriles is 1. The summed E-state index contributed by atoms with van der Waals surface area (Å²) in [6, 6.07) is 6.67. The highest BCUT2D eigenvalue weighted by Crippen LogP contribution is 2.26. The van der Waals surface area contributed by atoms with Gasteiger partial charge in [0.05, 0.1) is 18.6 Å². The summed E-state index contributed by atoms with van der Waals surface area (Å²) >= 11 is 9.02. The second-order valence-corrected chi connectivity index (χ2v) is 4.43. The first-order valence-corrected chi connectivity index (χ1v) is 5.40. The first-order chi connectivity index (χ1) is 7.04. The van der Waals surface area contributed by atoms with Gasteiger partial charge in [0.2, 0.25) is 0 Å². The Labute approximate surface area is 101 Å². The van der Waals surface area contributed by atoms with Crippen molar-refractivity contribution in [2.45, 2.75) is 18.6 Å². The lowest BCUT2D eigenvalue weighted by atomic mass is 10.0. The molecule has 0 fully saturated rings. The van der Waals surface area contributed by atoms with Gasteiger partial charge in [-0.25, -0.2) is 0 Å². The Morgan fingerprint density at radius 3 is 2.60 bits per heavy atom. The summed E-state index contributed by atoms with van der Waals surface area (Å²) in [5, 5.41) is 28.0. The van der Waals surface area contributed by atoms with Crippen LogP contribution < -0.4 is 0 Å². The molecule has 0 bridgehead atoms. The maximum absolute atomic E-state index is 9.69. The molecule has 80 valence electrons. The fraction of sp³-hybridized carbons (Fsp3) is 0.300. The van der Waals surface area contributed by atoms with Crippen LogP contribution in [0.25, 0.3) is 0 Å². The van der Waals surface area contributed by atoms with Crippen LogP contribution in [0.3, 0.4) is 0 Å². The van der Waals surface area contributed by atoms with Crippen LogP contribution in [-0.4, -0.2) is 16.3 Å². The molecule has 3 nitrogen and oxygen atoms in total. The van der Waals surface area contributed by atoms with E-state index in [1.54, 1.807) is 24.3 Å². The van der Waals surface area contributed by atoms with Crippen molar-refractivity contribution < 1.29 is 10.2 Å². The van der Waals surface area contributed by atoms with E-state index in [1.165, 1.54) is 0 Å². The Balaban J connectivity index is 2.91. The van der Waals surface area contributed by atoms with Gasteiger partial charge in [0.15, 0.2) is 0 Å². The third kappa shape index (κ3) is 3.47. The van der Waals surface area contributed by atoms with E-state index in [2.05, 4.69) is 15.9 Å². The molecule has 1 aromatic carbocycles. The number of hydrogen-bond donors (Lipinski definition) is 2. The standard InChI is InChI=1S/C10H9BrClNO2/c11-7-3-6(4-8(12)5-7)10(15)9(14)1-2-13/h3-5,9-10,14-15H,1H2. The molecular formula is C10H9BrClNO2. The molecule has 0 spiro atoms. The molecule has 0 aliphatic carbocycles. The summed E-state index contributed by atoms with van der Waals surface area (Å²) in [6.45, 7) is 0. The summed E-state index contributed by atoms with van der Waals surface area (Å²) in [4.78, 5) is 0. The minimum atomic E-state index is -1.10. The number of aliphatic hydroxyl groups is 2. The van der Waals surface area contributed by atoms with Crippen LogP contribution in [-0.2, 0) is 0 Å². The minimum Gasteiger partial charge on any atom is -0.389 e. The lowest BCUT2D eigenvalue weighted by Gasteiger charge is -2.16. The third-order valence-corrected chi connectivity index (χ3v) is 2.57. The average molecular weight is 291 g/mol. The Morgan fingerprint density at radius 2 is 2.07 bits per heavy atom. The SMILES string of the molecule is N#CCC(O)C(O)c1cc(Cl)cc(Br)c1. The molecule has 2 unspecified atom stereocenters. The molecule has 5 heteroatoms. The highest BCUT2D eigenvalue weighted by molar-refractivity contribution is 9.10.